The fourth-order valence-electron chi connectivity index (χ4n) is 4.86. The Kier molecular flexibility index (Phi) is 9.86. The number of benzene rings is 2. The Bertz CT molecular complexity index is 1490. The summed E-state index contributed by atoms with van der Waals surface area (Å²) in [6.07, 6.45) is -1.22. The van der Waals surface area contributed by atoms with Crippen molar-refractivity contribution in [2.24, 2.45) is 10.7 Å². The average molecular weight is 599 g/mol. The van der Waals surface area contributed by atoms with Gasteiger partial charge in [-0.2, -0.15) is 8.78 Å². The Morgan fingerprint density at radius 1 is 1.16 bits per heavy atom. The molecule has 228 valence electrons. The summed E-state index contributed by atoms with van der Waals surface area (Å²) < 4.78 is 51.4. The number of aromatic nitrogens is 1. The standard InChI is InChI=1S/C30H33F3N6O4/c1-16-7-9-19(10-8-16)42-24-6-4-5-21(27(24)31)28(35)36-14-26(40)39-15-20(43-30(32)33)12-23(39)29(41)37-13-22-17(2)11-25(34)38-18(22)3/h4-11,20,23,30H,12-15H2,1-3H3,(H2,34,38)(H2,35,36)(H,37,41)/t20-,23+/m1/s1. The molecule has 1 aliphatic heterocycles. The lowest BCUT2D eigenvalue weighted by Gasteiger charge is -2.23. The maximum absolute atomic E-state index is 15.2. The van der Waals surface area contributed by atoms with E-state index in [9.17, 15) is 18.4 Å². The molecule has 1 aromatic heterocycles. The van der Waals surface area contributed by atoms with Gasteiger partial charge in [-0.15, -0.1) is 0 Å². The van der Waals surface area contributed by atoms with E-state index in [1.807, 2.05) is 26.0 Å². The van der Waals surface area contributed by atoms with Crippen LogP contribution in [0.5, 0.6) is 11.5 Å². The molecule has 2 heterocycles. The number of alkyl halides is 2. The predicted molar refractivity (Wildman–Crippen MR) is 154 cm³/mol. The molecule has 10 nitrogen and oxygen atoms in total. The first-order valence-corrected chi connectivity index (χ1v) is 13.5. The van der Waals surface area contributed by atoms with E-state index in [0.29, 0.717) is 17.3 Å². The number of aryl methyl sites for hydroxylation is 3. The van der Waals surface area contributed by atoms with Crippen LogP contribution in [0.2, 0.25) is 0 Å². The van der Waals surface area contributed by atoms with Crippen LogP contribution in [-0.4, -0.2) is 59.4 Å². The van der Waals surface area contributed by atoms with Crippen molar-refractivity contribution in [3.63, 3.8) is 0 Å². The number of nitrogens with two attached hydrogens (primary N) is 2. The minimum Gasteiger partial charge on any atom is -0.454 e. The summed E-state index contributed by atoms with van der Waals surface area (Å²) in [4.78, 5) is 35.7. The molecule has 13 heteroatoms. The van der Waals surface area contributed by atoms with Crippen molar-refractivity contribution in [1.82, 2.24) is 15.2 Å². The van der Waals surface area contributed by atoms with Gasteiger partial charge < -0.3 is 31.2 Å². The molecule has 0 unspecified atom stereocenters. The summed E-state index contributed by atoms with van der Waals surface area (Å²) in [7, 11) is 0. The molecule has 43 heavy (non-hydrogen) atoms. The third-order valence-corrected chi connectivity index (χ3v) is 7.07. The van der Waals surface area contributed by atoms with Crippen molar-refractivity contribution in [2.75, 3.05) is 18.8 Å². The quantitative estimate of drug-likeness (QED) is 0.238. The average Bonchev–Trinajstić information content (AvgIpc) is 3.36. The van der Waals surface area contributed by atoms with E-state index in [1.54, 1.807) is 25.1 Å². The van der Waals surface area contributed by atoms with Crippen LogP contribution in [0.4, 0.5) is 19.0 Å². The second-order valence-corrected chi connectivity index (χ2v) is 10.2. The number of amidine groups is 1. The summed E-state index contributed by atoms with van der Waals surface area (Å²) in [5.74, 6) is -1.60. The minimum absolute atomic E-state index is 0.0872. The maximum Gasteiger partial charge on any atom is 0.345 e. The number of carbonyl (C=O) groups is 2. The highest BCUT2D eigenvalue weighted by Gasteiger charge is 2.41. The Hall–Kier alpha value is -4.65. The van der Waals surface area contributed by atoms with Crippen LogP contribution in [0.25, 0.3) is 0 Å². The number of anilines is 1. The van der Waals surface area contributed by atoms with Crippen molar-refractivity contribution < 1.29 is 32.2 Å². The summed E-state index contributed by atoms with van der Waals surface area (Å²) >= 11 is 0. The van der Waals surface area contributed by atoms with E-state index < -0.39 is 42.9 Å². The van der Waals surface area contributed by atoms with Gasteiger partial charge in [0.1, 0.15) is 30.0 Å². The van der Waals surface area contributed by atoms with Gasteiger partial charge in [-0.05, 0) is 62.2 Å². The van der Waals surface area contributed by atoms with E-state index in [0.717, 1.165) is 21.6 Å². The molecule has 0 bridgehead atoms. The molecule has 0 radical (unpaired) electrons. The number of amides is 2. The fourth-order valence-corrected chi connectivity index (χ4v) is 4.86. The van der Waals surface area contributed by atoms with Crippen molar-refractivity contribution in [1.29, 1.82) is 0 Å². The van der Waals surface area contributed by atoms with Gasteiger partial charge in [0.15, 0.2) is 11.6 Å². The van der Waals surface area contributed by atoms with E-state index in [-0.39, 0.29) is 36.7 Å². The van der Waals surface area contributed by atoms with E-state index >= 15 is 4.39 Å². The summed E-state index contributed by atoms with van der Waals surface area (Å²) in [5, 5.41) is 2.75. The van der Waals surface area contributed by atoms with Gasteiger partial charge in [-0.3, -0.25) is 14.6 Å². The van der Waals surface area contributed by atoms with Crippen molar-refractivity contribution in [3.8, 4) is 11.5 Å². The number of halogens is 3. The van der Waals surface area contributed by atoms with Gasteiger partial charge in [0.25, 0.3) is 0 Å². The van der Waals surface area contributed by atoms with Crippen LogP contribution >= 0.6 is 0 Å². The van der Waals surface area contributed by atoms with E-state index in [2.05, 4.69) is 20.0 Å². The zero-order valence-electron chi connectivity index (χ0n) is 23.9. The Morgan fingerprint density at radius 3 is 2.56 bits per heavy atom. The molecular formula is C30H33F3N6O4. The van der Waals surface area contributed by atoms with Crippen molar-refractivity contribution >= 4 is 23.5 Å². The first-order chi connectivity index (χ1) is 20.4. The van der Waals surface area contributed by atoms with E-state index in [1.165, 1.54) is 18.2 Å². The Balaban J connectivity index is 1.47. The second-order valence-electron chi connectivity index (χ2n) is 10.2. The molecule has 1 aliphatic rings. The van der Waals surface area contributed by atoms with Crippen LogP contribution in [0.15, 0.2) is 53.5 Å². The lowest BCUT2D eigenvalue weighted by Crippen LogP contribution is -2.46. The number of rotatable bonds is 10. The molecule has 2 atom stereocenters. The molecule has 2 amide bonds. The maximum atomic E-state index is 15.2. The number of ether oxygens (including phenoxy) is 2. The van der Waals surface area contributed by atoms with Gasteiger partial charge in [-0.1, -0.05) is 23.8 Å². The number of hydrogen-bond acceptors (Lipinski definition) is 7. The predicted octanol–water partition coefficient (Wildman–Crippen LogP) is 3.75. The molecule has 0 aliphatic carbocycles. The van der Waals surface area contributed by atoms with Crippen molar-refractivity contribution in [3.05, 3.63) is 82.3 Å². The summed E-state index contributed by atoms with van der Waals surface area (Å²) in [6, 6.07) is 11.9. The van der Waals surface area contributed by atoms with E-state index in [4.69, 9.17) is 16.2 Å². The molecule has 0 spiro atoms. The molecule has 3 aromatic rings. The molecular weight excluding hydrogens is 565 g/mol. The zero-order chi connectivity index (χ0) is 31.3. The third-order valence-electron chi connectivity index (χ3n) is 7.07. The summed E-state index contributed by atoms with van der Waals surface area (Å²) in [5.41, 5.74) is 14.9. The number of carbonyl (C=O) groups excluding carboxylic acids is 2. The highest BCUT2D eigenvalue weighted by atomic mass is 19.3. The van der Waals surface area contributed by atoms with Crippen LogP contribution in [0.1, 0.15) is 34.4 Å². The van der Waals surface area contributed by atoms with Crippen LogP contribution in [-0.2, 0) is 20.9 Å². The van der Waals surface area contributed by atoms with Gasteiger partial charge in [0, 0.05) is 25.2 Å². The molecule has 5 N–H and O–H groups in total. The van der Waals surface area contributed by atoms with Crippen LogP contribution in [0, 0.1) is 26.6 Å². The number of hydrogen-bond donors (Lipinski definition) is 3. The smallest absolute Gasteiger partial charge is 0.345 e. The van der Waals surface area contributed by atoms with Crippen LogP contribution < -0.4 is 21.5 Å². The molecule has 4 rings (SSSR count). The number of likely N-dealkylation sites (tertiary alicyclic amines) is 1. The second kappa shape index (κ2) is 13.6. The van der Waals surface area contributed by atoms with Crippen molar-refractivity contribution in [2.45, 2.75) is 52.5 Å². The van der Waals surface area contributed by atoms with Gasteiger partial charge >= 0.3 is 6.61 Å². The number of nitrogens with one attached hydrogen (secondary N) is 1. The largest absolute Gasteiger partial charge is 0.454 e. The minimum atomic E-state index is -3.08. The number of pyridine rings is 1. The normalized spacial score (nSPS) is 16.9. The van der Waals surface area contributed by atoms with Crippen LogP contribution in [0.3, 0.4) is 0 Å². The SMILES string of the molecule is Cc1ccc(Oc2cccc(C(N)=NCC(=O)N3C[C@H](OC(F)F)C[C@H]3C(=O)NCc3c(C)cc(N)nc3C)c2F)cc1. The Morgan fingerprint density at radius 2 is 1.88 bits per heavy atom. The Labute approximate surface area is 246 Å². The van der Waals surface area contributed by atoms with Gasteiger partial charge in [0.05, 0.1) is 11.7 Å². The fraction of sp³-hybridized carbons (Fsp3) is 0.333. The lowest BCUT2D eigenvalue weighted by atomic mass is 10.1. The lowest BCUT2D eigenvalue weighted by molar-refractivity contribution is -0.160. The topological polar surface area (TPSA) is 145 Å². The molecule has 0 saturated carbocycles. The first-order valence-electron chi connectivity index (χ1n) is 13.5. The number of aliphatic imine (C=N–C) groups is 1. The highest BCUT2D eigenvalue weighted by molar-refractivity contribution is 5.99. The van der Waals surface area contributed by atoms with Gasteiger partial charge in [0.2, 0.25) is 11.8 Å². The number of nitrogen functional groups attached to an aromatic ring is 1. The zero-order valence-corrected chi connectivity index (χ0v) is 23.9. The summed E-state index contributed by atoms with van der Waals surface area (Å²) in [6.45, 7) is 1.67. The molecule has 1 fully saturated rings. The highest BCUT2D eigenvalue weighted by Crippen LogP contribution is 2.27. The first kappa shape index (κ1) is 31.3. The third kappa shape index (κ3) is 7.80. The van der Waals surface area contributed by atoms with Gasteiger partial charge in [-0.25, -0.2) is 9.37 Å². The molecule has 2 aromatic carbocycles. The molecule has 1 saturated heterocycles. The monoisotopic (exact) mass is 598 g/mol. The number of nitrogens with zero attached hydrogens (tertiary/aromatic N) is 3.